The summed E-state index contributed by atoms with van der Waals surface area (Å²) in [5, 5.41) is 3.28. The van der Waals surface area contributed by atoms with Crippen LogP contribution in [-0.4, -0.2) is 0 Å². The maximum absolute atomic E-state index is 12.9. The largest absolute Gasteiger partial charge is 0.381 e. The third-order valence-corrected chi connectivity index (χ3v) is 3.43. The van der Waals surface area contributed by atoms with Crippen molar-refractivity contribution in [1.82, 2.24) is 0 Å². The van der Waals surface area contributed by atoms with Crippen molar-refractivity contribution in [3.05, 3.63) is 63.9 Å². The Morgan fingerprint density at radius 2 is 1.83 bits per heavy atom. The molecule has 0 aliphatic heterocycles. The standard InChI is InChI=1S/C14H14BrFN2/c15-14-7-12(16)4-3-11(14)9-18-13-5-1-10(8-17)2-6-13/h1-7,18H,8-9,17H2. The smallest absolute Gasteiger partial charge is 0.124 e. The van der Waals surface area contributed by atoms with Gasteiger partial charge in [-0.2, -0.15) is 0 Å². The van der Waals surface area contributed by atoms with Crippen molar-refractivity contribution in [3.63, 3.8) is 0 Å². The molecule has 0 aliphatic rings. The van der Waals surface area contributed by atoms with Gasteiger partial charge in [0.25, 0.3) is 0 Å². The van der Waals surface area contributed by atoms with Gasteiger partial charge in [0.15, 0.2) is 0 Å². The zero-order chi connectivity index (χ0) is 13.0. The average molecular weight is 309 g/mol. The Hall–Kier alpha value is -1.39. The van der Waals surface area contributed by atoms with Crippen LogP contribution in [0.5, 0.6) is 0 Å². The van der Waals surface area contributed by atoms with Gasteiger partial charge in [-0.15, -0.1) is 0 Å². The lowest BCUT2D eigenvalue weighted by atomic mass is 10.2. The van der Waals surface area contributed by atoms with Crippen molar-refractivity contribution in [2.24, 2.45) is 5.73 Å². The molecule has 2 aromatic rings. The molecule has 0 unspecified atom stereocenters. The summed E-state index contributed by atoms with van der Waals surface area (Å²) in [6.07, 6.45) is 0. The summed E-state index contributed by atoms with van der Waals surface area (Å²) in [7, 11) is 0. The van der Waals surface area contributed by atoms with E-state index in [-0.39, 0.29) is 5.82 Å². The van der Waals surface area contributed by atoms with E-state index in [0.29, 0.717) is 13.1 Å². The Morgan fingerprint density at radius 3 is 2.44 bits per heavy atom. The number of rotatable bonds is 4. The molecule has 0 spiro atoms. The zero-order valence-corrected chi connectivity index (χ0v) is 11.4. The fourth-order valence-corrected chi connectivity index (χ4v) is 2.11. The topological polar surface area (TPSA) is 38.0 Å². The molecule has 0 aliphatic carbocycles. The van der Waals surface area contributed by atoms with E-state index in [2.05, 4.69) is 21.2 Å². The highest BCUT2D eigenvalue weighted by molar-refractivity contribution is 9.10. The van der Waals surface area contributed by atoms with Crippen LogP contribution in [0.15, 0.2) is 46.9 Å². The molecule has 0 amide bonds. The van der Waals surface area contributed by atoms with Crippen LogP contribution in [0, 0.1) is 5.82 Å². The highest BCUT2D eigenvalue weighted by Crippen LogP contribution is 2.19. The molecule has 0 saturated carbocycles. The van der Waals surface area contributed by atoms with Crippen molar-refractivity contribution in [1.29, 1.82) is 0 Å². The SMILES string of the molecule is NCc1ccc(NCc2ccc(F)cc2Br)cc1. The van der Waals surface area contributed by atoms with Crippen molar-refractivity contribution in [2.75, 3.05) is 5.32 Å². The van der Waals surface area contributed by atoms with Crippen molar-refractivity contribution >= 4 is 21.6 Å². The molecule has 0 atom stereocenters. The van der Waals surface area contributed by atoms with Crippen LogP contribution in [0.25, 0.3) is 0 Å². The molecule has 0 radical (unpaired) electrons. The number of benzene rings is 2. The van der Waals surface area contributed by atoms with Crippen LogP contribution < -0.4 is 11.1 Å². The van der Waals surface area contributed by atoms with E-state index in [1.54, 1.807) is 6.07 Å². The van der Waals surface area contributed by atoms with E-state index in [1.807, 2.05) is 24.3 Å². The number of nitrogens with two attached hydrogens (primary N) is 1. The van der Waals surface area contributed by atoms with Gasteiger partial charge in [0.05, 0.1) is 0 Å². The van der Waals surface area contributed by atoms with Gasteiger partial charge in [-0.1, -0.05) is 34.1 Å². The molecule has 2 nitrogen and oxygen atoms in total. The summed E-state index contributed by atoms with van der Waals surface area (Å²) in [4.78, 5) is 0. The quantitative estimate of drug-likeness (QED) is 0.904. The van der Waals surface area contributed by atoms with E-state index in [9.17, 15) is 4.39 Å². The Balaban J connectivity index is 2.02. The lowest BCUT2D eigenvalue weighted by molar-refractivity contribution is 0.626. The molecule has 0 fully saturated rings. The van der Waals surface area contributed by atoms with Crippen LogP contribution >= 0.6 is 15.9 Å². The number of hydrogen-bond donors (Lipinski definition) is 2. The van der Waals surface area contributed by atoms with E-state index < -0.39 is 0 Å². The molecule has 3 N–H and O–H groups in total. The molecule has 2 rings (SSSR count). The van der Waals surface area contributed by atoms with Crippen LogP contribution in [0.1, 0.15) is 11.1 Å². The Kier molecular flexibility index (Phi) is 4.33. The third kappa shape index (κ3) is 3.31. The second-order valence-electron chi connectivity index (χ2n) is 3.99. The molecule has 18 heavy (non-hydrogen) atoms. The summed E-state index contributed by atoms with van der Waals surface area (Å²) in [6.45, 7) is 1.19. The van der Waals surface area contributed by atoms with Crippen molar-refractivity contribution in [3.8, 4) is 0 Å². The van der Waals surface area contributed by atoms with Crippen molar-refractivity contribution < 1.29 is 4.39 Å². The van der Waals surface area contributed by atoms with Gasteiger partial charge in [0.1, 0.15) is 5.82 Å². The normalized spacial score (nSPS) is 10.4. The average Bonchev–Trinajstić information content (AvgIpc) is 2.38. The minimum absolute atomic E-state index is 0.238. The molecule has 4 heteroatoms. The highest BCUT2D eigenvalue weighted by Gasteiger charge is 2.01. The molecular weight excluding hydrogens is 295 g/mol. The Labute approximate surface area is 114 Å². The first-order valence-corrected chi connectivity index (χ1v) is 6.45. The van der Waals surface area contributed by atoms with Crippen LogP contribution in [-0.2, 0) is 13.1 Å². The first-order chi connectivity index (χ1) is 8.69. The van der Waals surface area contributed by atoms with E-state index in [0.717, 1.165) is 21.3 Å². The molecule has 0 aromatic heterocycles. The third-order valence-electron chi connectivity index (χ3n) is 2.69. The molecule has 2 aromatic carbocycles. The predicted octanol–water partition coefficient (Wildman–Crippen LogP) is 3.66. The fourth-order valence-electron chi connectivity index (χ4n) is 1.62. The molecule has 0 heterocycles. The molecule has 94 valence electrons. The number of anilines is 1. The first-order valence-electron chi connectivity index (χ1n) is 5.66. The van der Waals surface area contributed by atoms with E-state index in [1.165, 1.54) is 12.1 Å². The summed E-state index contributed by atoms with van der Waals surface area (Å²) in [5.74, 6) is -0.238. The molecule has 0 bridgehead atoms. The van der Waals surface area contributed by atoms with Gasteiger partial charge in [0, 0.05) is 23.2 Å². The number of nitrogens with one attached hydrogen (secondary N) is 1. The van der Waals surface area contributed by atoms with Gasteiger partial charge in [-0.05, 0) is 35.4 Å². The van der Waals surface area contributed by atoms with E-state index >= 15 is 0 Å². The Morgan fingerprint density at radius 1 is 1.11 bits per heavy atom. The maximum Gasteiger partial charge on any atom is 0.124 e. The van der Waals surface area contributed by atoms with Gasteiger partial charge in [-0.25, -0.2) is 4.39 Å². The summed E-state index contributed by atoms with van der Waals surface area (Å²) in [5.41, 5.74) is 8.67. The monoisotopic (exact) mass is 308 g/mol. The van der Waals surface area contributed by atoms with Crippen LogP contribution in [0.3, 0.4) is 0 Å². The Bertz CT molecular complexity index is 526. The highest BCUT2D eigenvalue weighted by atomic mass is 79.9. The lowest BCUT2D eigenvalue weighted by Gasteiger charge is -2.09. The van der Waals surface area contributed by atoms with Gasteiger partial charge >= 0.3 is 0 Å². The number of hydrogen-bond acceptors (Lipinski definition) is 2. The van der Waals surface area contributed by atoms with Gasteiger partial charge in [-0.3, -0.25) is 0 Å². The minimum atomic E-state index is -0.238. The van der Waals surface area contributed by atoms with Crippen LogP contribution in [0.2, 0.25) is 0 Å². The second-order valence-corrected chi connectivity index (χ2v) is 4.84. The number of halogens is 2. The fraction of sp³-hybridized carbons (Fsp3) is 0.143. The van der Waals surface area contributed by atoms with Gasteiger partial charge < -0.3 is 11.1 Å². The predicted molar refractivity (Wildman–Crippen MR) is 75.8 cm³/mol. The van der Waals surface area contributed by atoms with E-state index in [4.69, 9.17) is 5.73 Å². The summed E-state index contributed by atoms with van der Waals surface area (Å²) < 4.78 is 13.7. The first kappa shape index (κ1) is 13.1. The summed E-state index contributed by atoms with van der Waals surface area (Å²) >= 11 is 3.35. The van der Waals surface area contributed by atoms with Crippen LogP contribution in [0.4, 0.5) is 10.1 Å². The minimum Gasteiger partial charge on any atom is -0.381 e. The zero-order valence-electron chi connectivity index (χ0n) is 9.79. The van der Waals surface area contributed by atoms with Crippen molar-refractivity contribution in [2.45, 2.75) is 13.1 Å². The molecular formula is C14H14BrFN2. The maximum atomic E-state index is 12.9. The summed E-state index contributed by atoms with van der Waals surface area (Å²) in [6, 6.07) is 12.6. The molecule has 0 saturated heterocycles. The second kappa shape index (κ2) is 5.98. The van der Waals surface area contributed by atoms with Gasteiger partial charge in [0.2, 0.25) is 0 Å². The lowest BCUT2D eigenvalue weighted by Crippen LogP contribution is -2.01.